The van der Waals surface area contributed by atoms with Crippen LogP contribution in [0.3, 0.4) is 0 Å². The molecule has 0 spiro atoms. The quantitative estimate of drug-likeness (QED) is 0.824. The zero-order valence-corrected chi connectivity index (χ0v) is 12.5. The van der Waals surface area contributed by atoms with Gasteiger partial charge < -0.3 is 5.32 Å². The molecule has 0 saturated heterocycles. The minimum atomic E-state index is 0.607. The lowest BCUT2D eigenvalue weighted by atomic mass is 10.0. The van der Waals surface area contributed by atoms with Crippen LogP contribution in [-0.4, -0.2) is 6.04 Å². The molecule has 0 aliphatic heterocycles. The summed E-state index contributed by atoms with van der Waals surface area (Å²) in [5, 5.41) is 3.57. The van der Waals surface area contributed by atoms with Gasteiger partial charge in [-0.25, -0.2) is 0 Å². The van der Waals surface area contributed by atoms with E-state index in [4.69, 9.17) is 0 Å². The molecule has 2 heteroatoms. The van der Waals surface area contributed by atoms with Crippen LogP contribution in [0.25, 0.3) is 10.4 Å². The molecular weight excluding hydrogens is 250 g/mol. The average molecular weight is 271 g/mol. The summed E-state index contributed by atoms with van der Waals surface area (Å²) in [5.74, 6) is 0.607. The number of rotatable bonds is 5. The van der Waals surface area contributed by atoms with Crippen molar-refractivity contribution in [1.29, 1.82) is 0 Å². The van der Waals surface area contributed by atoms with Gasteiger partial charge in [-0.05, 0) is 42.0 Å². The Balaban J connectivity index is 1.70. The SMILES string of the molecule is CC(C)c1ccc(-c2ccc(CNC3CC3)s2)cc1. The fraction of sp³-hybridized carbons (Fsp3) is 0.412. The van der Waals surface area contributed by atoms with E-state index in [9.17, 15) is 0 Å². The van der Waals surface area contributed by atoms with Gasteiger partial charge in [-0.3, -0.25) is 0 Å². The highest BCUT2D eigenvalue weighted by atomic mass is 32.1. The number of thiophene rings is 1. The molecule has 19 heavy (non-hydrogen) atoms. The molecule has 0 amide bonds. The van der Waals surface area contributed by atoms with Crippen molar-refractivity contribution in [3.05, 3.63) is 46.8 Å². The minimum absolute atomic E-state index is 0.607. The Labute approximate surface area is 119 Å². The smallest absolute Gasteiger partial charge is 0.0346 e. The first-order valence-electron chi connectivity index (χ1n) is 7.15. The topological polar surface area (TPSA) is 12.0 Å². The predicted octanol–water partition coefficient (Wildman–Crippen LogP) is 4.79. The second-order valence-electron chi connectivity index (χ2n) is 5.70. The molecule has 1 saturated carbocycles. The summed E-state index contributed by atoms with van der Waals surface area (Å²) in [6, 6.07) is 14.3. The van der Waals surface area contributed by atoms with Crippen molar-refractivity contribution in [1.82, 2.24) is 5.32 Å². The molecule has 1 aliphatic rings. The zero-order chi connectivity index (χ0) is 13.2. The van der Waals surface area contributed by atoms with Gasteiger partial charge in [0.2, 0.25) is 0 Å². The second kappa shape index (κ2) is 5.48. The fourth-order valence-electron chi connectivity index (χ4n) is 2.19. The van der Waals surface area contributed by atoms with Gasteiger partial charge in [0.15, 0.2) is 0 Å². The molecule has 1 N–H and O–H groups in total. The van der Waals surface area contributed by atoms with E-state index < -0.39 is 0 Å². The van der Waals surface area contributed by atoms with E-state index in [-0.39, 0.29) is 0 Å². The van der Waals surface area contributed by atoms with Crippen LogP contribution in [0.15, 0.2) is 36.4 Å². The molecule has 1 aliphatic carbocycles. The minimum Gasteiger partial charge on any atom is -0.309 e. The highest BCUT2D eigenvalue weighted by Crippen LogP contribution is 2.30. The lowest BCUT2D eigenvalue weighted by molar-refractivity contribution is 0.695. The van der Waals surface area contributed by atoms with Gasteiger partial charge in [-0.1, -0.05) is 38.1 Å². The summed E-state index contributed by atoms with van der Waals surface area (Å²) >= 11 is 1.91. The van der Waals surface area contributed by atoms with Crippen molar-refractivity contribution in [3.63, 3.8) is 0 Å². The summed E-state index contributed by atoms with van der Waals surface area (Å²) in [6.45, 7) is 5.50. The van der Waals surface area contributed by atoms with E-state index >= 15 is 0 Å². The molecule has 1 aromatic heterocycles. The van der Waals surface area contributed by atoms with Crippen LogP contribution in [0.1, 0.15) is 43.0 Å². The van der Waals surface area contributed by atoms with Crippen LogP contribution in [0.4, 0.5) is 0 Å². The summed E-state index contributed by atoms with van der Waals surface area (Å²) < 4.78 is 0. The molecule has 3 rings (SSSR count). The summed E-state index contributed by atoms with van der Waals surface area (Å²) in [5.41, 5.74) is 2.75. The van der Waals surface area contributed by atoms with Crippen molar-refractivity contribution in [2.45, 2.75) is 45.2 Å². The molecule has 100 valence electrons. The van der Waals surface area contributed by atoms with E-state index in [2.05, 4.69) is 55.6 Å². The normalized spacial score (nSPS) is 15.1. The van der Waals surface area contributed by atoms with Gasteiger partial charge in [-0.15, -0.1) is 11.3 Å². The van der Waals surface area contributed by atoms with Crippen molar-refractivity contribution in [2.24, 2.45) is 0 Å². The van der Waals surface area contributed by atoms with Gasteiger partial charge in [0.25, 0.3) is 0 Å². The molecule has 0 radical (unpaired) electrons. The van der Waals surface area contributed by atoms with Gasteiger partial charge >= 0.3 is 0 Å². The molecule has 1 heterocycles. The fourth-order valence-corrected chi connectivity index (χ4v) is 3.16. The first-order chi connectivity index (χ1) is 9.22. The Morgan fingerprint density at radius 2 is 1.84 bits per heavy atom. The number of hydrogen-bond acceptors (Lipinski definition) is 2. The molecular formula is C17H21NS. The Morgan fingerprint density at radius 1 is 1.11 bits per heavy atom. The Morgan fingerprint density at radius 3 is 2.47 bits per heavy atom. The Bertz CT molecular complexity index is 535. The van der Waals surface area contributed by atoms with Gasteiger partial charge in [0.05, 0.1) is 0 Å². The largest absolute Gasteiger partial charge is 0.309 e. The lowest BCUT2D eigenvalue weighted by Crippen LogP contribution is -2.14. The third-order valence-corrected chi connectivity index (χ3v) is 4.80. The van der Waals surface area contributed by atoms with Crippen LogP contribution in [-0.2, 0) is 6.54 Å². The number of nitrogens with one attached hydrogen (secondary N) is 1. The molecule has 1 nitrogen and oxygen atoms in total. The number of benzene rings is 1. The zero-order valence-electron chi connectivity index (χ0n) is 11.6. The van der Waals surface area contributed by atoms with Crippen LogP contribution >= 0.6 is 11.3 Å². The predicted molar refractivity (Wildman–Crippen MR) is 83.7 cm³/mol. The van der Waals surface area contributed by atoms with Crippen molar-refractivity contribution in [3.8, 4) is 10.4 Å². The Kier molecular flexibility index (Phi) is 3.72. The van der Waals surface area contributed by atoms with E-state index in [1.54, 1.807) is 0 Å². The van der Waals surface area contributed by atoms with Crippen LogP contribution in [0.5, 0.6) is 0 Å². The van der Waals surface area contributed by atoms with E-state index in [1.807, 2.05) is 11.3 Å². The van der Waals surface area contributed by atoms with Crippen molar-refractivity contribution < 1.29 is 0 Å². The summed E-state index contributed by atoms with van der Waals surface area (Å²) in [4.78, 5) is 2.82. The van der Waals surface area contributed by atoms with Crippen LogP contribution in [0.2, 0.25) is 0 Å². The summed E-state index contributed by atoms with van der Waals surface area (Å²) in [7, 11) is 0. The number of hydrogen-bond donors (Lipinski definition) is 1. The third kappa shape index (κ3) is 3.26. The van der Waals surface area contributed by atoms with Gasteiger partial charge in [0.1, 0.15) is 0 Å². The maximum absolute atomic E-state index is 3.57. The van der Waals surface area contributed by atoms with Crippen molar-refractivity contribution >= 4 is 11.3 Å². The maximum atomic E-state index is 3.57. The highest BCUT2D eigenvalue weighted by molar-refractivity contribution is 7.15. The average Bonchev–Trinajstić information content (AvgIpc) is 3.13. The molecule has 0 unspecified atom stereocenters. The lowest BCUT2D eigenvalue weighted by Gasteiger charge is -2.05. The molecule has 1 fully saturated rings. The van der Waals surface area contributed by atoms with E-state index in [0.717, 1.165) is 12.6 Å². The Hall–Kier alpha value is -1.12. The maximum Gasteiger partial charge on any atom is 0.0346 e. The third-order valence-electron chi connectivity index (χ3n) is 3.67. The molecule has 1 aromatic carbocycles. The molecule has 0 bridgehead atoms. The first-order valence-corrected chi connectivity index (χ1v) is 7.96. The van der Waals surface area contributed by atoms with E-state index in [1.165, 1.54) is 33.7 Å². The van der Waals surface area contributed by atoms with Crippen molar-refractivity contribution in [2.75, 3.05) is 0 Å². The van der Waals surface area contributed by atoms with Crippen LogP contribution in [0, 0.1) is 0 Å². The van der Waals surface area contributed by atoms with Gasteiger partial charge in [0, 0.05) is 22.3 Å². The van der Waals surface area contributed by atoms with Crippen LogP contribution < -0.4 is 5.32 Å². The molecule has 0 atom stereocenters. The molecule has 2 aromatic rings. The van der Waals surface area contributed by atoms with E-state index in [0.29, 0.717) is 5.92 Å². The monoisotopic (exact) mass is 271 g/mol. The summed E-state index contributed by atoms with van der Waals surface area (Å²) in [6.07, 6.45) is 2.71. The van der Waals surface area contributed by atoms with Gasteiger partial charge in [-0.2, -0.15) is 0 Å². The second-order valence-corrected chi connectivity index (χ2v) is 6.87. The standard InChI is InChI=1S/C17H21NS/c1-12(2)13-3-5-14(6-4-13)17-10-9-16(19-17)11-18-15-7-8-15/h3-6,9-10,12,15,18H,7-8,11H2,1-2H3. The highest BCUT2D eigenvalue weighted by Gasteiger charge is 2.20. The first kappa shape index (κ1) is 12.9.